The zero-order valence-corrected chi connectivity index (χ0v) is 57.7. The van der Waals surface area contributed by atoms with Gasteiger partial charge in [-0.05, 0) is 125 Å². The van der Waals surface area contributed by atoms with Crippen molar-refractivity contribution >= 4 is 60.1 Å². The van der Waals surface area contributed by atoms with Gasteiger partial charge in [-0.2, -0.15) is 25.8 Å². The Morgan fingerprint density at radius 1 is 0.228 bits per heavy atom. The molecular formula is C66H82N8O12S6. The molecule has 0 aliphatic carbocycles. The van der Waals surface area contributed by atoms with E-state index in [1.54, 1.807) is 72.8 Å². The lowest BCUT2D eigenvalue weighted by Crippen LogP contribution is -2.49. The van der Waals surface area contributed by atoms with Crippen LogP contribution in [0.25, 0.3) is 0 Å². The second-order valence-electron chi connectivity index (χ2n) is 23.7. The van der Waals surface area contributed by atoms with Crippen molar-refractivity contribution in [3.8, 4) is 0 Å². The van der Waals surface area contributed by atoms with Crippen LogP contribution in [0.4, 0.5) is 0 Å². The van der Waals surface area contributed by atoms with Crippen LogP contribution in [-0.4, -0.2) is 191 Å². The highest BCUT2D eigenvalue weighted by molar-refractivity contribution is 7.90. The molecule has 2 heterocycles. The van der Waals surface area contributed by atoms with Crippen molar-refractivity contribution in [1.82, 2.24) is 35.6 Å². The van der Waals surface area contributed by atoms with Gasteiger partial charge >= 0.3 is 0 Å². The van der Waals surface area contributed by atoms with Crippen LogP contribution in [0.15, 0.2) is 199 Å². The van der Waals surface area contributed by atoms with E-state index in [4.69, 9.17) is 0 Å². The van der Waals surface area contributed by atoms with Gasteiger partial charge in [0.15, 0.2) is 0 Å². The second kappa shape index (κ2) is 29.7. The highest BCUT2D eigenvalue weighted by Crippen LogP contribution is 2.27. The van der Waals surface area contributed by atoms with Crippen molar-refractivity contribution < 1.29 is 50.5 Å². The molecule has 20 nitrogen and oxygen atoms in total. The van der Waals surface area contributed by atoms with Crippen molar-refractivity contribution in [3.05, 3.63) is 214 Å². The Kier molecular flexibility index (Phi) is 22.7. The fraction of sp³-hybridized carbons (Fsp3) is 0.364. The molecule has 0 radical (unpaired) electrons. The molecule has 2 fully saturated rings. The minimum absolute atomic E-state index is 0.0190. The number of sulfonamides is 6. The van der Waals surface area contributed by atoms with Crippen molar-refractivity contribution in [2.45, 2.75) is 84.0 Å². The summed E-state index contributed by atoms with van der Waals surface area (Å²) >= 11 is 0. The summed E-state index contributed by atoms with van der Waals surface area (Å²) in [5.74, 6) is 0. The van der Waals surface area contributed by atoms with Gasteiger partial charge in [-0.3, -0.25) is 9.80 Å². The highest BCUT2D eigenvalue weighted by atomic mass is 32.2. The van der Waals surface area contributed by atoms with E-state index in [9.17, 15) is 50.5 Å². The molecule has 26 heteroatoms. The molecule has 2 aliphatic rings. The maximum atomic E-state index is 14.7. The second-order valence-corrected chi connectivity index (χ2v) is 35.3. The lowest BCUT2D eigenvalue weighted by atomic mass is 10.1. The van der Waals surface area contributed by atoms with Gasteiger partial charge < -0.3 is 0 Å². The molecule has 0 saturated carbocycles. The summed E-state index contributed by atoms with van der Waals surface area (Å²) in [6, 6.07) is 45.9. The van der Waals surface area contributed by atoms with E-state index in [1.165, 1.54) is 90.0 Å². The fourth-order valence-corrected chi connectivity index (χ4v) is 19.6. The Bertz CT molecular complexity index is 3920. The van der Waals surface area contributed by atoms with Crippen molar-refractivity contribution in [2.75, 3.05) is 105 Å². The number of nitrogens with zero attached hydrogens (tertiary/aromatic N) is 8. The molecule has 0 N–H and O–H groups in total. The average molecular weight is 1370 g/mol. The summed E-state index contributed by atoms with van der Waals surface area (Å²) in [6.45, 7) is 9.14. The van der Waals surface area contributed by atoms with E-state index >= 15 is 0 Å². The Hall–Kier alpha value is -6.08. The number of rotatable bonds is 16. The maximum Gasteiger partial charge on any atom is 0.243 e. The molecule has 2 aliphatic heterocycles. The summed E-state index contributed by atoms with van der Waals surface area (Å²) in [4.78, 5) is 4.01. The normalized spacial score (nSPS) is 17.9. The van der Waals surface area contributed by atoms with E-state index in [0.717, 1.165) is 53.1 Å². The lowest BCUT2D eigenvalue weighted by molar-refractivity contribution is 0.207. The predicted molar refractivity (Wildman–Crippen MR) is 357 cm³/mol. The molecule has 0 aromatic heterocycles. The average Bonchev–Trinajstić information content (AvgIpc) is 0.817. The smallest absolute Gasteiger partial charge is 0.243 e. The van der Waals surface area contributed by atoms with Crippen LogP contribution in [-0.2, 0) is 73.2 Å². The predicted octanol–water partition coefficient (Wildman–Crippen LogP) is 7.31. The molecule has 0 amide bonds. The minimum Gasteiger partial charge on any atom is -0.296 e. The summed E-state index contributed by atoms with van der Waals surface area (Å²) < 4.78 is 184. The Labute approximate surface area is 545 Å². The van der Waals surface area contributed by atoms with E-state index in [0.29, 0.717) is 0 Å². The number of benzene rings is 7. The van der Waals surface area contributed by atoms with Crippen molar-refractivity contribution in [1.29, 1.82) is 0 Å². The zero-order chi connectivity index (χ0) is 66.2. The first-order valence-electron chi connectivity index (χ1n) is 30.5. The van der Waals surface area contributed by atoms with Gasteiger partial charge in [0.05, 0.1) is 29.4 Å². The van der Waals surface area contributed by atoms with E-state index in [-0.39, 0.29) is 147 Å². The number of hydrogen-bond acceptors (Lipinski definition) is 14. The van der Waals surface area contributed by atoms with Crippen LogP contribution in [0, 0.1) is 41.5 Å². The van der Waals surface area contributed by atoms with Crippen LogP contribution in [0.1, 0.15) is 44.5 Å². The molecular weight excluding hydrogens is 1290 g/mol. The molecule has 0 bridgehead atoms. The summed E-state index contributed by atoms with van der Waals surface area (Å²) in [7, 11) is -25.5. The van der Waals surface area contributed by atoms with Gasteiger partial charge in [0, 0.05) is 118 Å². The van der Waals surface area contributed by atoms with E-state index in [1.807, 2.05) is 75.6 Å². The van der Waals surface area contributed by atoms with Gasteiger partial charge in [0.2, 0.25) is 60.1 Å². The van der Waals surface area contributed by atoms with Gasteiger partial charge in [-0.15, -0.1) is 0 Å². The van der Waals surface area contributed by atoms with Crippen LogP contribution in [0.3, 0.4) is 0 Å². The van der Waals surface area contributed by atoms with Crippen molar-refractivity contribution in [2.24, 2.45) is 0 Å². The van der Waals surface area contributed by atoms with E-state index < -0.39 is 60.1 Å². The molecule has 2 saturated heterocycles. The molecule has 92 heavy (non-hydrogen) atoms. The molecule has 0 unspecified atom stereocenters. The number of hydrogen-bond donors (Lipinski definition) is 0. The van der Waals surface area contributed by atoms with Gasteiger partial charge in [-0.1, -0.05) is 130 Å². The summed E-state index contributed by atoms with van der Waals surface area (Å²) in [6.07, 6.45) is 0. The third kappa shape index (κ3) is 17.1. The first-order chi connectivity index (χ1) is 43.5. The largest absolute Gasteiger partial charge is 0.296 e. The monoisotopic (exact) mass is 1370 g/mol. The third-order valence-electron chi connectivity index (χ3n) is 16.8. The fourth-order valence-electron chi connectivity index (χ4n) is 11.1. The molecule has 494 valence electrons. The molecule has 7 aromatic rings. The Balaban J connectivity index is 1.05. The van der Waals surface area contributed by atoms with Crippen LogP contribution >= 0.6 is 0 Å². The van der Waals surface area contributed by atoms with Gasteiger partial charge in [0.1, 0.15) is 0 Å². The molecule has 0 spiro atoms. The topological polar surface area (TPSA) is 231 Å². The standard InChI is InChI=1S/C66H82N8O12S6/c1-53-10-22-61(23-11-53)87(75,76)69-38-34-67(35-39-70(88(77,78)62-24-12-54(2)13-25-62)43-47-73(46-42-69)91(83,84)65-30-18-57(5)19-31-65)51-59-8-7-9-60(50-59)52-68-36-40-71(89(79,80)63-26-14-55(3)15-27-63)44-48-74(92(85,86)66-32-20-58(6)21-33-66)49-45-72(41-37-68)90(81,82)64-28-16-56(4)17-29-64/h7-33,50H,34-49,51-52H2,1-6H3. The van der Waals surface area contributed by atoms with Crippen molar-refractivity contribution in [3.63, 3.8) is 0 Å². The van der Waals surface area contributed by atoms with Gasteiger partial charge in [-0.25, -0.2) is 50.5 Å². The Morgan fingerprint density at radius 2 is 0.380 bits per heavy atom. The van der Waals surface area contributed by atoms with E-state index in [2.05, 4.69) is 0 Å². The highest BCUT2D eigenvalue weighted by Gasteiger charge is 2.36. The molecule has 0 atom stereocenters. The lowest BCUT2D eigenvalue weighted by Gasteiger charge is -2.34. The zero-order valence-electron chi connectivity index (χ0n) is 52.8. The van der Waals surface area contributed by atoms with Gasteiger partial charge in [0.25, 0.3) is 0 Å². The quantitative estimate of drug-likeness (QED) is 0.0924. The summed E-state index contributed by atoms with van der Waals surface area (Å²) in [5, 5.41) is 0. The van der Waals surface area contributed by atoms with Crippen LogP contribution in [0.5, 0.6) is 0 Å². The molecule has 7 aromatic carbocycles. The third-order valence-corrected chi connectivity index (χ3v) is 28.3. The Morgan fingerprint density at radius 3 is 0.543 bits per heavy atom. The first-order valence-corrected chi connectivity index (χ1v) is 39.1. The molecule has 9 rings (SSSR count). The van der Waals surface area contributed by atoms with Crippen LogP contribution < -0.4 is 0 Å². The maximum absolute atomic E-state index is 14.7. The first kappa shape index (κ1) is 70.2. The SMILES string of the molecule is Cc1ccc(S(=O)(=O)N2CCN(Cc3cccc(CN4CCN(S(=O)(=O)c5ccc(C)cc5)CCN(S(=O)(=O)c5ccc(C)cc5)CCN(S(=O)(=O)c5ccc(C)cc5)CC4)c3)CCN(S(=O)(=O)c3ccc(C)cc3)CCN(S(=O)(=O)c3ccc(C)cc3)CC2)cc1. The minimum atomic E-state index is -4.29. The van der Waals surface area contributed by atoms with Crippen LogP contribution in [0.2, 0.25) is 0 Å². The summed E-state index contributed by atoms with van der Waals surface area (Å²) in [5.41, 5.74) is 6.57. The number of aryl methyl sites for hydroxylation is 6.